The van der Waals surface area contributed by atoms with Gasteiger partial charge in [-0.05, 0) is 36.6 Å². The lowest BCUT2D eigenvalue weighted by atomic mass is 9.79. The van der Waals surface area contributed by atoms with Crippen molar-refractivity contribution < 1.29 is 22.7 Å². The molecule has 1 N–H and O–H groups in total. The zero-order valence-corrected chi connectivity index (χ0v) is 11.3. The minimum absolute atomic E-state index is 0.289. The van der Waals surface area contributed by atoms with Crippen LogP contribution in [-0.4, -0.2) is 5.11 Å². The Morgan fingerprint density at radius 3 is 2.52 bits per heavy atom. The van der Waals surface area contributed by atoms with Crippen molar-refractivity contribution in [2.75, 3.05) is 0 Å². The number of hydrogen-bond donors (Lipinski definition) is 1. The van der Waals surface area contributed by atoms with Crippen LogP contribution in [0.1, 0.15) is 35.3 Å². The van der Waals surface area contributed by atoms with Gasteiger partial charge in [0.2, 0.25) is 0 Å². The standard InChI is InChI=1S/C16H15F3O2/c17-16(18,19)12-5-3-11(4-6-12)10-15(20)8-1-2-14-13(15)7-9-21-14/h3-7,9,20H,1-2,8,10H2. The van der Waals surface area contributed by atoms with E-state index in [4.69, 9.17) is 4.42 Å². The zero-order valence-electron chi connectivity index (χ0n) is 11.3. The molecule has 21 heavy (non-hydrogen) atoms. The molecule has 0 fully saturated rings. The number of furan rings is 1. The summed E-state index contributed by atoms with van der Waals surface area (Å²) in [7, 11) is 0. The van der Waals surface area contributed by atoms with E-state index in [0.29, 0.717) is 12.0 Å². The Labute approximate surface area is 120 Å². The highest BCUT2D eigenvalue weighted by Crippen LogP contribution is 2.39. The van der Waals surface area contributed by atoms with Gasteiger partial charge in [-0.3, -0.25) is 0 Å². The first-order valence-electron chi connectivity index (χ1n) is 6.84. The van der Waals surface area contributed by atoms with Crippen molar-refractivity contribution in [1.82, 2.24) is 0 Å². The second-order valence-corrected chi connectivity index (χ2v) is 5.51. The number of aliphatic hydroxyl groups is 1. The maximum atomic E-state index is 12.5. The third kappa shape index (κ3) is 2.70. The van der Waals surface area contributed by atoms with Gasteiger partial charge in [-0.1, -0.05) is 12.1 Å². The van der Waals surface area contributed by atoms with Crippen LogP contribution in [0, 0.1) is 0 Å². The summed E-state index contributed by atoms with van der Waals surface area (Å²) >= 11 is 0. The Morgan fingerprint density at radius 2 is 1.86 bits per heavy atom. The molecule has 0 aliphatic heterocycles. The third-order valence-corrected chi connectivity index (χ3v) is 4.02. The summed E-state index contributed by atoms with van der Waals surface area (Å²) in [6, 6.07) is 6.71. The van der Waals surface area contributed by atoms with Crippen LogP contribution in [0.4, 0.5) is 13.2 Å². The van der Waals surface area contributed by atoms with Crippen molar-refractivity contribution in [2.45, 2.75) is 37.5 Å². The molecule has 1 aromatic heterocycles. The summed E-state index contributed by atoms with van der Waals surface area (Å²) in [6.45, 7) is 0. The fraction of sp³-hybridized carbons (Fsp3) is 0.375. The fourth-order valence-corrected chi connectivity index (χ4v) is 2.96. The number of fused-ring (bicyclic) bond motifs is 1. The minimum Gasteiger partial charge on any atom is -0.469 e. The van der Waals surface area contributed by atoms with Crippen molar-refractivity contribution in [3.05, 3.63) is 59.0 Å². The van der Waals surface area contributed by atoms with Crippen molar-refractivity contribution >= 4 is 0 Å². The monoisotopic (exact) mass is 296 g/mol. The first kappa shape index (κ1) is 14.2. The van der Waals surface area contributed by atoms with Gasteiger partial charge in [-0.2, -0.15) is 13.2 Å². The maximum Gasteiger partial charge on any atom is 0.416 e. The summed E-state index contributed by atoms with van der Waals surface area (Å²) in [6.07, 6.45) is -0.320. The number of alkyl halides is 3. The highest BCUT2D eigenvalue weighted by atomic mass is 19.4. The van der Waals surface area contributed by atoms with Crippen LogP contribution in [0.2, 0.25) is 0 Å². The lowest BCUT2D eigenvalue weighted by Crippen LogP contribution is -2.32. The molecule has 0 spiro atoms. The highest BCUT2D eigenvalue weighted by Gasteiger charge is 2.36. The third-order valence-electron chi connectivity index (χ3n) is 4.02. The summed E-state index contributed by atoms with van der Waals surface area (Å²) in [5.74, 6) is 0.774. The molecular formula is C16H15F3O2. The van der Waals surface area contributed by atoms with Gasteiger partial charge in [0.05, 0.1) is 17.4 Å². The Hall–Kier alpha value is -1.75. The van der Waals surface area contributed by atoms with Crippen LogP contribution in [0.15, 0.2) is 41.0 Å². The predicted octanol–water partition coefficient (Wildman–Crippen LogP) is 4.07. The molecule has 0 saturated heterocycles. The average Bonchev–Trinajstić information content (AvgIpc) is 2.88. The molecule has 1 unspecified atom stereocenters. The maximum absolute atomic E-state index is 12.5. The van der Waals surface area contributed by atoms with Gasteiger partial charge in [0.15, 0.2) is 0 Å². The molecule has 3 rings (SSSR count). The molecule has 0 amide bonds. The van der Waals surface area contributed by atoms with Crippen molar-refractivity contribution in [3.63, 3.8) is 0 Å². The number of rotatable bonds is 2. The van der Waals surface area contributed by atoms with E-state index in [0.717, 1.165) is 36.3 Å². The zero-order chi connectivity index (χ0) is 15.1. The summed E-state index contributed by atoms with van der Waals surface area (Å²) < 4.78 is 43.0. The van der Waals surface area contributed by atoms with E-state index >= 15 is 0 Å². The molecule has 2 nitrogen and oxygen atoms in total. The number of hydrogen-bond acceptors (Lipinski definition) is 2. The molecule has 112 valence electrons. The molecule has 1 heterocycles. The molecule has 1 aromatic carbocycles. The topological polar surface area (TPSA) is 33.4 Å². The lowest BCUT2D eigenvalue weighted by molar-refractivity contribution is -0.137. The molecule has 0 radical (unpaired) electrons. The predicted molar refractivity (Wildman–Crippen MR) is 70.7 cm³/mol. The van der Waals surface area contributed by atoms with Crippen LogP contribution < -0.4 is 0 Å². The number of benzene rings is 1. The summed E-state index contributed by atoms with van der Waals surface area (Å²) in [5, 5.41) is 10.8. The van der Waals surface area contributed by atoms with Gasteiger partial charge in [-0.25, -0.2) is 0 Å². The quantitative estimate of drug-likeness (QED) is 0.906. The Balaban J connectivity index is 1.84. The van der Waals surface area contributed by atoms with E-state index in [2.05, 4.69) is 0 Å². The van der Waals surface area contributed by atoms with E-state index in [1.54, 1.807) is 12.3 Å². The van der Waals surface area contributed by atoms with E-state index < -0.39 is 17.3 Å². The molecule has 2 aromatic rings. The van der Waals surface area contributed by atoms with Gasteiger partial charge in [0.1, 0.15) is 5.76 Å². The second kappa shape index (κ2) is 4.91. The van der Waals surface area contributed by atoms with Gasteiger partial charge in [0.25, 0.3) is 0 Å². The van der Waals surface area contributed by atoms with Crippen LogP contribution in [0.3, 0.4) is 0 Å². The minimum atomic E-state index is -4.34. The fourth-order valence-electron chi connectivity index (χ4n) is 2.96. The first-order chi connectivity index (χ1) is 9.88. The van der Waals surface area contributed by atoms with Gasteiger partial charge < -0.3 is 9.52 Å². The smallest absolute Gasteiger partial charge is 0.416 e. The molecule has 0 saturated carbocycles. The number of aryl methyl sites for hydroxylation is 1. The molecule has 1 aliphatic rings. The normalized spacial score (nSPS) is 22.1. The van der Waals surface area contributed by atoms with E-state index in [-0.39, 0.29) is 6.42 Å². The van der Waals surface area contributed by atoms with Crippen molar-refractivity contribution in [2.24, 2.45) is 0 Å². The van der Waals surface area contributed by atoms with Crippen LogP contribution in [0.25, 0.3) is 0 Å². The van der Waals surface area contributed by atoms with Crippen molar-refractivity contribution in [1.29, 1.82) is 0 Å². The van der Waals surface area contributed by atoms with Gasteiger partial charge in [0, 0.05) is 18.4 Å². The second-order valence-electron chi connectivity index (χ2n) is 5.51. The summed E-state index contributed by atoms with van der Waals surface area (Å²) in [4.78, 5) is 0. The molecule has 1 aliphatic carbocycles. The van der Waals surface area contributed by atoms with Crippen molar-refractivity contribution in [3.8, 4) is 0 Å². The van der Waals surface area contributed by atoms with E-state index in [9.17, 15) is 18.3 Å². The van der Waals surface area contributed by atoms with E-state index in [1.807, 2.05) is 0 Å². The molecular weight excluding hydrogens is 281 g/mol. The number of halogens is 3. The Kier molecular flexibility index (Phi) is 3.32. The van der Waals surface area contributed by atoms with Crippen LogP contribution in [-0.2, 0) is 24.6 Å². The van der Waals surface area contributed by atoms with Crippen LogP contribution >= 0.6 is 0 Å². The first-order valence-corrected chi connectivity index (χ1v) is 6.84. The lowest BCUT2D eigenvalue weighted by Gasteiger charge is -2.32. The van der Waals surface area contributed by atoms with Crippen LogP contribution in [0.5, 0.6) is 0 Å². The SMILES string of the molecule is OC1(Cc2ccc(C(F)(F)F)cc2)CCCc2occc21. The molecule has 1 atom stereocenters. The van der Waals surface area contributed by atoms with Gasteiger partial charge in [-0.15, -0.1) is 0 Å². The molecule has 5 heteroatoms. The van der Waals surface area contributed by atoms with E-state index in [1.165, 1.54) is 12.1 Å². The highest BCUT2D eigenvalue weighted by molar-refractivity contribution is 5.32. The average molecular weight is 296 g/mol. The Morgan fingerprint density at radius 1 is 1.14 bits per heavy atom. The van der Waals surface area contributed by atoms with Gasteiger partial charge >= 0.3 is 6.18 Å². The largest absolute Gasteiger partial charge is 0.469 e. The Bertz CT molecular complexity index is 628. The summed E-state index contributed by atoms with van der Waals surface area (Å²) in [5.41, 5.74) is -0.292. The molecule has 0 bridgehead atoms.